The van der Waals surface area contributed by atoms with Gasteiger partial charge >= 0.3 is 52.5 Å². The number of hydrogen-bond acceptors (Lipinski definition) is 5. The summed E-state index contributed by atoms with van der Waals surface area (Å²) in [6, 6.07) is 25.3. The number of benzene rings is 1. The van der Waals surface area contributed by atoms with E-state index in [4.69, 9.17) is 20.8 Å². The molecule has 1 aromatic carbocycles. The van der Waals surface area contributed by atoms with Crippen molar-refractivity contribution in [3.63, 3.8) is 0 Å². The van der Waals surface area contributed by atoms with Gasteiger partial charge in [0.25, 0.3) is 0 Å². The van der Waals surface area contributed by atoms with Crippen LogP contribution in [-0.4, -0.2) is 26.9 Å². The quantitative estimate of drug-likeness (QED) is 0.0867. The van der Waals surface area contributed by atoms with E-state index in [1.54, 1.807) is 24.5 Å². The van der Waals surface area contributed by atoms with Gasteiger partial charge in [-0.3, -0.25) is 9.97 Å². The molecule has 0 aliphatic carbocycles. The third-order valence-electron chi connectivity index (χ3n) is 3.51. The van der Waals surface area contributed by atoms with Crippen LogP contribution in [-0.2, 0) is 19.5 Å². The Morgan fingerprint density at radius 1 is 0.698 bits per heavy atom. The molecule has 3 aromatic rings. The van der Waals surface area contributed by atoms with Crippen LogP contribution in [0.15, 0.2) is 84.1 Å². The predicted molar refractivity (Wildman–Crippen MR) is 159 cm³/mol. The van der Waals surface area contributed by atoms with Crippen LogP contribution in [0.2, 0.25) is 0 Å². The fraction of sp³-hybridized carbons (Fsp3) is 0.345. The van der Waals surface area contributed by atoms with Gasteiger partial charge in [-0.05, 0) is 40.9 Å². The molecule has 0 radical (unpaired) electrons. The first-order valence-corrected chi connectivity index (χ1v) is 14.3. The molecule has 0 saturated heterocycles. The van der Waals surface area contributed by atoms with Gasteiger partial charge in [0, 0.05) is 26.2 Å². The maximum atomic E-state index is 9.87. The van der Waals surface area contributed by atoms with Gasteiger partial charge in [0.15, 0.2) is 0 Å². The molecule has 0 atom stereocenters. The Balaban J connectivity index is -0.000000536. The van der Waals surface area contributed by atoms with Gasteiger partial charge in [0.2, 0.25) is 0 Å². The molecule has 0 amide bonds. The Kier molecular flexibility index (Phi) is 18.8. The van der Waals surface area contributed by atoms with Crippen LogP contribution in [0.5, 0.6) is 0 Å². The Morgan fingerprint density at radius 2 is 1.02 bits per heavy atom. The SMILES string of the molecule is CC#N.CC#N.CC(C)(C)N=C([N-]C(C)(C)C)c1ccccc1.F[P-](F)(F)(F)(F)F.[Ru+2].c1ccc(-c2ccccn2)nc1. The second-order valence-corrected chi connectivity index (χ2v) is 12.0. The summed E-state index contributed by atoms with van der Waals surface area (Å²) in [6.07, 6.45) is 3.54. The average molecular weight is 716 g/mol. The number of amidine groups is 1. The first-order valence-electron chi connectivity index (χ1n) is 12.3. The third kappa shape index (κ3) is 34.7. The van der Waals surface area contributed by atoms with Crippen LogP contribution in [0.3, 0.4) is 0 Å². The van der Waals surface area contributed by atoms with Gasteiger partial charge in [-0.2, -0.15) is 10.5 Å². The Morgan fingerprint density at radius 3 is 1.28 bits per heavy atom. The maximum absolute atomic E-state index is 10.7. The standard InChI is InChI=1S/C15H23N2.C10H8N2.2C2H3N.F6P.Ru/c1-14(2,3)16-13(17-15(4,5)6)12-10-8-7-9-11-12;1-3-7-11-9(5-1)10-6-2-4-8-12-10;2*1-2-3;1-7(2,3,4,5)6;/h7-11H,1-6H3;1-8H;2*1H3;;/q-1;;;;-1;+2. The number of hydrogen-bond donors (Lipinski definition) is 0. The fourth-order valence-electron chi connectivity index (χ4n) is 2.41. The summed E-state index contributed by atoms with van der Waals surface area (Å²) in [5, 5.41) is 19.4. The molecule has 0 unspecified atom stereocenters. The number of aromatic nitrogens is 2. The molecule has 14 heteroatoms. The van der Waals surface area contributed by atoms with E-state index in [1.165, 1.54) is 13.8 Å². The van der Waals surface area contributed by atoms with Crippen molar-refractivity contribution in [2.24, 2.45) is 4.99 Å². The second-order valence-electron chi connectivity index (χ2n) is 10.1. The van der Waals surface area contributed by atoms with Crippen LogP contribution >= 0.6 is 7.81 Å². The third-order valence-corrected chi connectivity index (χ3v) is 3.51. The van der Waals surface area contributed by atoms with E-state index in [0.29, 0.717) is 0 Å². The molecule has 43 heavy (non-hydrogen) atoms. The molecule has 0 aliphatic heterocycles. The second kappa shape index (κ2) is 18.3. The Labute approximate surface area is 263 Å². The molecule has 0 N–H and O–H groups in total. The summed E-state index contributed by atoms with van der Waals surface area (Å²) in [4.78, 5) is 13.1. The summed E-state index contributed by atoms with van der Waals surface area (Å²) in [7, 11) is -10.7. The number of aliphatic imine (C=N–C) groups is 1. The van der Waals surface area contributed by atoms with Crippen molar-refractivity contribution in [1.29, 1.82) is 10.5 Å². The maximum Gasteiger partial charge on any atom is 2.00 e. The summed E-state index contributed by atoms with van der Waals surface area (Å²) in [5.41, 5.74) is 2.69. The van der Waals surface area contributed by atoms with Crippen molar-refractivity contribution in [3.05, 3.63) is 90.0 Å². The van der Waals surface area contributed by atoms with Gasteiger partial charge in [-0.25, -0.2) is 0 Å². The molecule has 0 aliphatic rings. The first-order chi connectivity index (χ1) is 18.9. The van der Waals surface area contributed by atoms with E-state index in [2.05, 4.69) is 63.6 Å². The topological polar surface area (TPSA) is 99.8 Å². The van der Waals surface area contributed by atoms with Crippen LogP contribution in [0.1, 0.15) is 61.0 Å². The molecule has 0 fully saturated rings. The van der Waals surface area contributed by atoms with E-state index in [1.807, 2.05) is 54.6 Å². The van der Waals surface area contributed by atoms with Crippen molar-refractivity contribution >= 4 is 13.6 Å². The normalized spacial score (nSPS) is 12.2. The van der Waals surface area contributed by atoms with Gasteiger partial charge in [-0.1, -0.05) is 89.8 Å². The molecule has 2 heterocycles. The van der Waals surface area contributed by atoms with Gasteiger partial charge in [0.05, 0.1) is 23.5 Å². The van der Waals surface area contributed by atoms with Crippen LogP contribution in [0.25, 0.3) is 16.7 Å². The van der Waals surface area contributed by atoms with Crippen LogP contribution < -0.4 is 0 Å². The molecule has 0 spiro atoms. The van der Waals surface area contributed by atoms with Crippen molar-refractivity contribution in [2.75, 3.05) is 0 Å². The molecule has 0 bridgehead atoms. The van der Waals surface area contributed by atoms with Gasteiger partial charge in [0.1, 0.15) is 0 Å². The van der Waals surface area contributed by atoms with Crippen molar-refractivity contribution in [2.45, 2.75) is 66.5 Å². The zero-order valence-corrected chi connectivity index (χ0v) is 27.9. The van der Waals surface area contributed by atoms with E-state index in [-0.39, 0.29) is 30.6 Å². The smallest absolute Gasteiger partial charge is 0.255 e. The summed E-state index contributed by atoms with van der Waals surface area (Å²) >= 11 is 0. The summed E-state index contributed by atoms with van der Waals surface area (Å²) < 4.78 is 59.2. The predicted octanol–water partition coefficient (Wildman–Crippen LogP) is 11.0. The number of nitrogens with zero attached hydrogens (tertiary/aromatic N) is 6. The van der Waals surface area contributed by atoms with E-state index in [0.717, 1.165) is 22.8 Å². The summed E-state index contributed by atoms with van der Waals surface area (Å²) in [6.45, 7) is 15.4. The molecule has 6 nitrogen and oxygen atoms in total. The van der Waals surface area contributed by atoms with Crippen LogP contribution in [0.4, 0.5) is 25.2 Å². The molecule has 2 aromatic heterocycles. The molecule has 238 valence electrons. The minimum Gasteiger partial charge on any atom is -0.255 e. The number of nitriles is 2. The van der Waals surface area contributed by atoms with E-state index in [9.17, 15) is 25.2 Å². The van der Waals surface area contributed by atoms with E-state index < -0.39 is 7.81 Å². The number of halogens is 6. The number of pyridine rings is 2. The van der Waals surface area contributed by atoms with Crippen molar-refractivity contribution < 1.29 is 44.7 Å². The monoisotopic (exact) mass is 716 g/mol. The van der Waals surface area contributed by atoms with Crippen molar-refractivity contribution in [3.8, 4) is 23.5 Å². The Hall–Kier alpha value is -3.40. The Bertz CT molecular complexity index is 1220. The summed E-state index contributed by atoms with van der Waals surface area (Å²) in [5.74, 6) is 0.839. The minimum absolute atomic E-state index is 0. The largest absolute Gasteiger partial charge is 2.00 e. The zero-order chi connectivity index (χ0) is 33.2. The van der Waals surface area contributed by atoms with Crippen molar-refractivity contribution in [1.82, 2.24) is 9.97 Å². The molecule has 3 rings (SSSR count). The average Bonchev–Trinajstić information content (AvgIpc) is 2.83. The van der Waals surface area contributed by atoms with Gasteiger partial charge < -0.3 is 10.3 Å². The van der Waals surface area contributed by atoms with Gasteiger partial charge in [-0.15, -0.1) is 0 Å². The van der Waals surface area contributed by atoms with E-state index >= 15 is 0 Å². The van der Waals surface area contributed by atoms with Crippen LogP contribution in [0, 0.1) is 22.7 Å². The minimum atomic E-state index is -10.7. The molecule has 0 saturated carbocycles. The zero-order valence-electron chi connectivity index (χ0n) is 25.3. The molecular weight excluding hydrogens is 678 g/mol. The fourth-order valence-corrected chi connectivity index (χ4v) is 2.41. The number of rotatable bonds is 2. The first kappa shape index (κ1) is 44.0. The molecular formula is C29H37F6N6PRu.